The van der Waals surface area contributed by atoms with Gasteiger partial charge in [0.05, 0.1) is 19.2 Å². The van der Waals surface area contributed by atoms with Crippen LogP contribution in [0.1, 0.15) is 51.9 Å². The number of ether oxygens (including phenoxy) is 1. The predicted octanol–water partition coefficient (Wildman–Crippen LogP) is 1.80. The third-order valence-electron chi connectivity index (χ3n) is 5.77. The highest BCUT2D eigenvalue weighted by molar-refractivity contribution is 5.11. The molecule has 6 nitrogen and oxygen atoms in total. The van der Waals surface area contributed by atoms with Crippen molar-refractivity contribution in [2.24, 2.45) is 16.7 Å². The Bertz CT molecular complexity index is 495. The topological polar surface area (TPSA) is 64.9 Å². The monoisotopic (exact) mass is 293 g/mol. The van der Waals surface area contributed by atoms with Crippen molar-refractivity contribution >= 4 is 0 Å². The first-order valence-electron chi connectivity index (χ1n) is 7.95. The van der Waals surface area contributed by atoms with E-state index in [1.165, 1.54) is 19.3 Å². The predicted molar refractivity (Wildman–Crippen MR) is 79.7 cm³/mol. The Labute approximate surface area is 126 Å². The molecule has 6 heteroatoms. The SMILES string of the molecule is COCCNCc1nnnn1C1C2(C)CCC(C2)C1(C)C. The fraction of sp³-hybridized carbons (Fsp3) is 0.933. The number of rotatable bonds is 6. The van der Waals surface area contributed by atoms with Crippen LogP contribution in [0.3, 0.4) is 0 Å². The molecule has 1 aromatic heterocycles. The van der Waals surface area contributed by atoms with Crippen molar-refractivity contribution in [2.45, 2.75) is 52.6 Å². The number of nitrogens with zero attached hydrogens (tertiary/aromatic N) is 4. The molecular formula is C15H27N5O. The summed E-state index contributed by atoms with van der Waals surface area (Å²) >= 11 is 0. The van der Waals surface area contributed by atoms with E-state index in [0.29, 0.717) is 24.6 Å². The van der Waals surface area contributed by atoms with Gasteiger partial charge in [-0.15, -0.1) is 5.10 Å². The molecule has 0 spiro atoms. The summed E-state index contributed by atoms with van der Waals surface area (Å²) in [6.45, 7) is 9.40. The van der Waals surface area contributed by atoms with E-state index < -0.39 is 0 Å². The van der Waals surface area contributed by atoms with Crippen LogP contribution in [0.2, 0.25) is 0 Å². The van der Waals surface area contributed by atoms with Crippen molar-refractivity contribution < 1.29 is 4.74 Å². The van der Waals surface area contributed by atoms with E-state index in [9.17, 15) is 0 Å². The molecule has 3 atom stereocenters. The van der Waals surface area contributed by atoms with Gasteiger partial charge in [-0.05, 0) is 46.4 Å². The maximum Gasteiger partial charge on any atom is 0.165 e. The van der Waals surface area contributed by atoms with Gasteiger partial charge in [0.25, 0.3) is 0 Å². The molecule has 0 radical (unpaired) electrons. The molecule has 1 heterocycles. The van der Waals surface area contributed by atoms with Crippen LogP contribution in [0.25, 0.3) is 0 Å². The van der Waals surface area contributed by atoms with E-state index >= 15 is 0 Å². The molecule has 2 fully saturated rings. The van der Waals surface area contributed by atoms with Gasteiger partial charge >= 0.3 is 0 Å². The van der Waals surface area contributed by atoms with Gasteiger partial charge in [0.2, 0.25) is 0 Å². The number of fused-ring (bicyclic) bond motifs is 2. The molecule has 2 aliphatic rings. The summed E-state index contributed by atoms with van der Waals surface area (Å²) in [5, 5.41) is 15.9. The summed E-state index contributed by atoms with van der Waals surface area (Å²) < 4.78 is 7.16. The molecule has 0 amide bonds. The van der Waals surface area contributed by atoms with Gasteiger partial charge in [-0.1, -0.05) is 20.8 Å². The third kappa shape index (κ3) is 2.38. The second-order valence-electron chi connectivity index (χ2n) is 7.53. The van der Waals surface area contributed by atoms with Crippen LogP contribution in [0.5, 0.6) is 0 Å². The molecule has 2 aliphatic carbocycles. The molecule has 1 aromatic rings. The second kappa shape index (κ2) is 5.32. The number of hydrogen-bond acceptors (Lipinski definition) is 5. The lowest BCUT2D eigenvalue weighted by Crippen LogP contribution is -2.39. The Morgan fingerprint density at radius 2 is 2.19 bits per heavy atom. The molecule has 1 N–H and O–H groups in total. The van der Waals surface area contributed by atoms with E-state index in [0.717, 1.165) is 18.3 Å². The van der Waals surface area contributed by atoms with Crippen molar-refractivity contribution in [1.29, 1.82) is 0 Å². The van der Waals surface area contributed by atoms with Gasteiger partial charge in [-0.2, -0.15) is 0 Å². The van der Waals surface area contributed by atoms with E-state index in [2.05, 4.69) is 46.3 Å². The summed E-state index contributed by atoms with van der Waals surface area (Å²) in [6, 6.07) is 0.401. The summed E-state index contributed by atoms with van der Waals surface area (Å²) in [7, 11) is 1.71. The van der Waals surface area contributed by atoms with Crippen LogP contribution < -0.4 is 5.32 Å². The third-order valence-corrected chi connectivity index (χ3v) is 5.77. The van der Waals surface area contributed by atoms with Gasteiger partial charge in [0.15, 0.2) is 5.82 Å². The van der Waals surface area contributed by atoms with Crippen molar-refractivity contribution in [2.75, 3.05) is 20.3 Å². The first kappa shape index (κ1) is 14.9. The average Bonchev–Trinajstić information content (AvgIpc) is 3.06. The van der Waals surface area contributed by atoms with Gasteiger partial charge < -0.3 is 10.1 Å². The quantitative estimate of drug-likeness (QED) is 0.810. The normalized spacial score (nSPS) is 33.7. The Kier molecular flexibility index (Phi) is 3.78. The lowest BCUT2D eigenvalue weighted by molar-refractivity contribution is 0.0691. The zero-order chi connectivity index (χ0) is 15.1. The first-order valence-corrected chi connectivity index (χ1v) is 7.95. The first-order chi connectivity index (χ1) is 9.99. The van der Waals surface area contributed by atoms with E-state index in [-0.39, 0.29) is 5.41 Å². The zero-order valence-electron chi connectivity index (χ0n) is 13.6. The molecule has 0 aromatic carbocycles. The average molecular weight is 293 g/mol. The van der Waals surface area contributed by atoms with Gasteiger partial charge in [-0.3, -0.25) is 0 Å². The highest BCUT2D eigenvalue weighted by Gasteiger charge is 2.61. The summed E-state index contributed by atoms with van der Waals surface area (Å²) in [6.07, 6.45) is 3.95. The number of aromatic nitrogens is 4. The van der Waals surface area contributed by atoms with Crippen molar-refractivity contribution in [1.82, 2.24) is 25.5 Å². The van der Waals surface area contributed by atoms with Crippen molar-refractivity contribution in [3.63, 3.8) is 0 Å². The molecule has 0 aliphatic heterocycles. The minimum atomic E-state index is 0.268. The van der Waals surface area contributed by atoms with Crippen LogP contribution in [0.15, 0.2) is 0 Å². The van der Waals surface area contributed by atoms with E-state index in [1.54, 1.807) is 7.11 Å². The molecular weight excluding hydrogens is 266 g/mol. The van der Waals surface area contributed by atoms with Gasteiger partial charge in [0, 0.05) is 13.7 Å². The van der Waals surface area contributed by atoms with Gasteiger partial charge in [0.1, 0.15) is 0 Å². The summed E-state index contributed by atoms with van der Waals surface area (Å²) in [4.78, 5) is 0. The lowest BCUT2D eigenvalue weighted by Gasteiger charge is -2.42. The van der Waals surface area contributed by atoms with Crippen LogP contribution >= 0.6 is 0 Å². The highest BCUT2D eigenvalue weighted by atomic mass is 16.5. The molecule has 0 saturated heterocycles. The van der Waals surface area contributed by atoms with Gasteiger partial charge in [-0.25, -0.2) is 4.68 Å². The molecule has 118 valence electrons. The molecule has 2 saturated carbocycles. The highest BCUT2D eigenvalue weighted by Crippen LogP contribution is 2.67. The summed E-state index contributed by atoms with van der Waals surface area (Å²) in [5.74, 6) is 1.74. The smallest absolute Gasteiger partial charge is 0.165 e. The Balaban J connectivity index is 1.79. The van der Waals surface area contributed by atoms with Crippen LogP contribution in [0, 0.1) is 16.7 Å². The van der Waals surface area contributed by atoms with E-state index in [4.69, 9.17) is 4.74 Å². The zero-order valence-corrected chi connectivity index (χ0v) is 13.6. The van der Waals surface area contributed by atoms with Crippen molar-refractivity contribution in [3.8, 4) is 0 Å². The number of hydrogen-bond donors (Lipinski definition) is 1. The number of nitrogens with one attached hydrogen (secondary N) is 1. The van der Waals surface area contributed by atoms with Crippen LogP contribution in [-0.2, 0) is 11.3 Å². The van der Waals surface area contributed by atoms with Crippen LogP contribution in [-0.4, -0.2) is 40.5 Å². The Morgan fingerprint density at radius 3 is 2.86 bits per heavy atom. The Hall–Kier alpha value is -1.01. The minimum Gasteiger partial charge on any atom is -0.383 e. The molecule has 21 heavy (non-hydrogen) atoms. The van der Waals surface area contributed by atoms with E-state index in [1.807, 2.05) is 0 Å². The fourth-order valence-electron chi connectivity index (χ4n) is 4.79. The Morgan fingerprint density at radius 1 is 1.38 bits per heavy atom. The van der Waals surface area contributed by atoms with Crippen molar-refractivity contribution in [3.05, 3.63) is 5.82 Å². The standard InChI is InChI=1S/C15H27N5O/c1-14(2)11-5-6-15(3,9-11)13(14)20-12(17-18-19-20)10-16-7-8-21-4/h11,13,16H,5-10H2,1-4H3. The number of tetrazole rings is 1. The number of methoxy groups -OCH3 is 1. The second-order valence-corrected chi connectivity index (χ2v) is 7.53. The minimum absolute atomic E-state index is 0.268. The van der Waals surface area contributed by atoms with Crippen LogP contribution in [0.4, 0.5) is 0 Å². The molecule has 3 unspecified atom stereocenters. The maximum atomic E-state index is 5.06. The summed E-state index contributed by atoms with van der Waals surface area (Å²) in [5.41, 5.74) is 0.606. The molecule has 3 rings (SSSR count). The molecule has 2 bridgehead atoms. The lowest BCUT2D eigenvalue weighted by atomic mass is 9.68. The largest absolute Gasteiger partial charge is 0.383 e. The fourth-order valence-corrected chi connectivity index (χ4v) is 4.79. The maximum absolute atomic E-state index is 5.06.